The minimum absolute atomic E-state index is 0.0915. The smallest absolute Gasteiger partial charge is 0.267 e. The van der Waals surface area contributed by atoms with E-state index in [0.717, 1.165) is 5.56 Å². The second kappa shape index (κ2) is 4.92. The normalized spacial score (nSPS) is 13.9. The van der Waals surface area contributed by atoms with E-state index in [4.69, 9.17) is 16.3 Å². The number of halogens is 1. The number of benzene rings is 1. The highest BCUT2D eigenvalue weighted by Gasteiger charge is 2.30. The van der Waals surface area contributed by atoms with E-state index in [-0.39, 0.29) is 4.90 Å². The Bertz CT molecular complexity index is 801. The summed E-state index contributed by atoms with van der Waals surface area (Å²) in [6.07, 6.45) is 3.78. The second-order valence-electron chi connectivity index (χ2n) is 4.84. The summed E-state index contributed by atoms with van der Waals surface area (Å²) >= 11 is 6.03. The molecule has 3 rings (SSSR count). The molecule has 2 heterocycles. The van der Waals surface area contributed by atoms with Gasteiger partial charge in [0.25, 0.3) is 10.0 Å². The quantitative estimate of drug-likeness (QED) is 0.862. The molecule has 1 aromatic carbocycles. The van der Waals surface area contributed by atoms with Crippen molar-refractivity contribution in [3.8, 4) is 5.75 Å². The molecule has 0 unspecified atom stereocenters. The van der Waals surface area contributed by atoms with Gasteiger partial charge >= 0.3 is 0 Å². The Morgan fingerprint density at radius 3 is 2.86 bits per heavy atom. The molecule has 0 aliphatic carbocycles. The first-order chi connectivity index (χ1) is 9.89. The fourth-order valence-electron chi connectivity index (χ4n) is 2.28. The zero-order valence-corrected chi connectivity index (χ0v) is 13.1. The molecule has 6 nitrogen and oxygen atoms in total. The van der Waals surface area contributed by atoms with Crippen molar-refractivity contribution in [2.24, 2.45) is 7.05 Å². The van der Waals surface area contributed by atoms with Gasteiger partial charge in [0.15, 0.2) is 0 Å². The van der Waals surface area contributed by atoms with Crippen LogP contribution in [0, 0.1) is 0 Å². The molecule has 0 N–H and O–H groups in total. The summed E-state index contributed by atoms with van der Waals surface area (Å²) in [5.74, 6) is 0.398. The van der Waals surface area contributed by atoms with Crippen LogP contribution < -0.4 is 9.04 Å². The lowest BCUT2D eigenvalue weighted by Crippen LogP contribution is -2.26. The Balaban J connectivity index is 2.11. The predicted octanol–water partition coefficient (Wildman–Crippen LogP) is 1.83. The van der Waals surface area contributed by atoms with Crippen molar-refractivity contribution in [3.05, 3.63) is 35.1 Å². The minimum atomic E-state index is -3.76. The average molecular weight is 328 g/mol. The first kappa shape index (κ1) is 14.2. The molecule has 21 heavy (non-hydrogen) atoms. The summed E-state index contributed by atoms with van der Waals surface area (Å²) in [5, 5.41) is 4.37. The van der Waals surface area contributed by atoms with Crippen molar-refractivity contribution in [1.29, 1.82) is 0 Å². The lowest BCUT2D eigenvalue weighted by molar-refractivity contribution is 0.348. The first-order valence-electron chi connectivity index (χ1n) is 6.32. The van der Waals surface area contributed by atoms with E-state index in [1.165, 1.54) is 23.6 Å². The van der Waals surface area contributed by atoms with Crippen LogP contribution in [0.5, 0.6) is 5.75 Å². The van der Waals surface area contributed by atoms with Crippen LogP contribution >= 0.6 is 11.6 Å². The van der Waals surface area contributed by atoms with Crippen molar-refractivity contribution in [1.82, 2.24) is 9.78 Å². The minimum Gasteiger partial charge on any atom is -0.492 e. The lowest BCUT2D eigenvalue weighted by atomic mass is 10.2. The summed E-state index contributed by atoms with van der Waals surface area (Å²) < 4.78 is 33.8. The fourth-order valence-corrected chi connectivity index (χ4v) is 3.96. The third-order valence-corrected chi connectivity index (χ3v) is 5.42. The van der Waals surface area contributed by atoms with Crippen LogP contribution in [-0.2, 0) is 23.5 Å². The molecule has 112 valence electrons. The van der Waals surface area contributed by atoms with Gasteiger partial charge < -0.3 is 4.74 Å². The second-order valence-corrected chi connectivity index (χ2v) is 7.21. The van der Waals surface area contributed by atoms with E-state index in [2.05, 4.69) is 5.10 Å². The van der Waals surface area contributed by atoms with Crippen LogP contribution in [0.25, 0.3) is 0 Å². The Labute approximate surface area is 127 Å². The van der Waals surface area contributed by atoms with Crippen molar-refractivity contribution in [2.45, 2.75) is 11.3 Å². The Hall–Kier alpha value is -1.73. The highest BCUT2D eigenvalue weighted by molar-refractivity contribution is 7.93. The molecule has 8 heteroatoms. The van der Waals surface area contributed by atoms with E-state index in [9.17, 15) is 8.42 Å². The van der Waals surface area contributed by atoms with Crippen molar-refractivity contribution in [3.63, 3.8) is 0 Å². The number of hydrogen-bond donors (Lipinski definition) is 0. The molecule has 0 radical (unpaired) electrons. The molecular weight excluding hydrogens is 314 g/mol. The van der Waals surface area contributed by atoms with Gasteiger partial charge in [-0.3, -0.25) is 8.99 Å². The number of nitrogens with zero attached hydrogens (tertiary/aromatic N) is 3. The highest BCUT2D eigenvalue weighted by Crippen LogP contribution is 2.37. The molecule has 0 bridgehead atoms. The summed E-state index contributed by atoms with van der Waals surface area (Å²) in [4.78, 5) is 0.0915. The van der Waals surface area contributed by atoms with Crippen LogP contribution in [0.4, 0.5) is 5.69 Å². The van der Waals surface area contributed by atoms with Crippen LogP contribution in [0.15, 0.2) is 29.4 Å². The van der Waals surface area contributed by atoms with E-state index >= 15 is 0 Å². The summed E-state index contributed by atoms with van der Waals surface area (Å²) in [6, 6.07) is 3.17. The Kier molecular flexibility index (Phi) is 3.33. The molecule has 0 saturated carbocycles. The van der Waals surface area contributed by atoms with Gasteiger partial charge in [-0.05, 0) is 12.1 Å². The van der Waals surface area contributed by atoms with Gasteiger partial charge in [0.1, 0.15) is 10.6 Å². The van der Waals surface area contributed by atoms with E-state index in [0.29, 0.717) is 29.5 Å². The summed E-state index contributed by atoms with van der Waals surface area (Å²) in [7, 11) is -0.549. The largest absolute Gasteiger partial charge is 0.492 e. The average Bonchev–Trinajstić information content (AvgIpc) is 3.05. The van der Waals surface area contributed by atoms with Crippen molar-refractivity contribution < 1.29 is 13.2 Å². The number of fused-ring (bicyclic) bond motifs is 1. The number of hydrogen-bond acceptors (Lipinski definition) is 4. The SMILES string of the molecule is CN(c1cnn(C)c1)S(=O)(=O)c1cc(Cl)cc2c1OCC2. The molecule has 0 atom stereocenters. The molecule has 0 fully saturated rings. The van der Waals surface area contributed by atoms with E-state index in [1.807, 2.05) is 0 Å². The zero-order chi connectivity index (χ0) is 15.2. The van der Waals surface area contributed by atoms with Gasteiger partial charge in [-0.15, -0.1) is 0 Å². The lowest BCUT2D eigenvalue weighted by Gasteiger charge is -2.19. The zero-order valence-electron chi connectivity index (χ0n) is 11.6. The number of rotatable bonds is 3. The summed E-state index contributed by atoms with van der Waals surface area (Å²) in [6.45, 7) is 0.467. The molecule has 0 spiro atoms. The van der Waals surface area contributed by atoms with Crippen LogP contribution in [0.3, 0.4) is 0 Å². The van der Waals surface area contributed by atoms with Crippen LogP contribution in [0.1, 0.15) is 5.56 Å². The highest BCUT2D eigenvalue weighted by atomic mass is 35.5. The monoisotopic (exact) mass is 327 g/mol. The fraction of sp³-hybridized carbons (Fsp3) is 0.308. The third kappa shape index (κ3) is 2.36. The topological polar surface area (TPSA) is 64.4 Å². The Morgan fingerprint density at radius 2 is 2.19 bits per heavy atom. The van der Waals surface area contributed by atoms with Crippen LogP contribution in [0.2, 0.25) is 5.02 Å². The standard InChI is InChI=1S/C13H14ClN3O3S/c1-16-8-11(7-15-16)17(2)21(18,19)12-6-10(14)5-9-3-4-20-13(9)12/h5-8H,3-4H2,1-2H3. The number of sulfonamides is 1. The molecule has 1 aliphatic rings. The van der Waals surface area contributed by atoms with Crippen molar-refractivity contribution in [2.75, 3.05) is 18.0 Å². The van der Waals surface area contributed by atoms with Crippen molar-refractivity contribution >= 4 is 27.3 Å². The van der Waals surface area contributed by atoms with E-state index < -0.39 is 10.0 Å². The maximum atomic E-state index is 12.8. The molecule has 2 aromatic rings. The maximum absolute atomic E-state index is 12.8. The van der Waals surface area contributed by atoms with Gasteiger partial charge in [0.2, 0.25) is 0 Å². The van der Waals surface area contributed by atoms with Gasteiger partial charge in [-0.2, -0.15) is 5.10 Å². The van der Waals surface area contributed by atoms with Gasteiger partial charge in [0.05, 0.1) is 18.5 Å². The van der Waals surface area contributed by atoms with Gasteiger partial charge in [0, 0.05) is 37.3 Å². The maximum Gasteiger partial charge on any atom is 0.267 e. The third-order valence-electron chi connectivity index (χ3n) is 3.41. The first-order valence-corrected chi connectivity index (χ1v) is 8.14. The molecular formula is C13H14ClN3O3S. The molecule has 1 aliphatic heterocycles. The van der Waals surface area contributed by atoms with Gasteiger partial charge in [-0.25, -0.2) is 8.42 Å². The number of aryl methyl sites for hydroxylation is 1. The Morgan fingerprint density at radius 1 is 1.43 bits per heavy atom. The number of aromatic nitrogens is 2. The van der Waals surface area contributed by atoms with E-state index in [1.54, 1.807) is 24.0 Å². The van der Waals surface area contributed by atoms with Gasteiger partial charge in [-0.1, -0.05) is 11.6 Å². The number of ether oxygens (including phenoxy) is 1. The predicted molar refractivity (Wildman–Crippen MR) is 79.4 cm³/mol. The molecule has 0 saturated heterocycles. The molecule has 0 amide bonds. The van der Waals surface area contributed by atoms with Crippen LogP contribution in [-0.4, -0.2) is 31.9 Å². The number of anilines is 1. The molecule has 1 aromatic heterocycles. The summed E-state index contributed by atoms with van der Waals surface area (Å²) in [5.41, 5.74) is 1.30.